The van der Waals surface area contributed by atoms with Gasteiger partial charge in [-0.15, -0.1) is 0 Å². The maximum atomic E-state index is 12.8. The highest BCUT2D eigenvalue weighted by atomic mass is 19.4. The molecule has 1 amide bonds. The number of hydrogen-bond donors (Lipinski definition) is 2. The predicted molar refractivity (Wildman–Crippen MR) is 110 cm³/mol. The SMILES string of the molecule is CC(=O)c1ccc(C(F)(F)F)c(F)c1.CCC(C)CCC(CC)C/C(N)=C/C(N)=O. The molecule has 0 saturated carbocycles. The van der Waals surface area contributed by atoms with Gasteiger partial charge in [-0.05, 0) is 43.7 Å². The first-order valence-electron chi connectivity index (χ1n) is 9.94. The first kappa shape index (κ1) is 27.6. The number of Topliss-reactive ketones (excluding diaryl/α,β-unsaturated/α-hetero) is 1. The second-order valence-corrected chi connectivity index (χ2v) is 7.44. The van der Waals surface area contributed by atoms with Crippen LogP contribution < -0.4 is 11.5 Å². The van der Waals surface area contributed by atoms with Gasteiger partial charge in [0, 0.05) is 17.3 Å². The second kappa shape index (κ2) is 13.0. The summed E-state index contributed by atoms with van der Waals surface area (Å²) >= 11 is 0. The van der Waals surface area contributed by atoms with Crippen molar-refractivity contribution in [2.75, 3.05) is 0 Å². The Morgan fingerprint density at radius 1 is 1.10 bits per heavy atom. The molecule has 8 heteroatoms. The zero-order valence-corrected chi connectivity index (χ0v) is 18.0. The quantitative estimate of drug-likeness (QED) is 0.302. The highest BCUT2D eigenvalue weighted by molar-refractivity contribution is 5.94. The molecule has 0 saturated heterocycles. The van der Waals surface area contributed by atoms with E-state index < -0.39 is 29.2 Å². The van der Waals surface area contributed by atoms with Crippen LogP contribution in [0.2, 0.25) is 0 Å². The van der Waals surface area contributed by atoms with E-state index in [2.05, 4.69) is 20.8 Å². The molecule has 4 nitrogen and oxygen atoms in total. The number of nitrogens with two attached hydrogens (primary N) is 2. The zero-order chi connectivity index (χ0) is 23.5. The lowest BCUT2D eigenvalue weighted by Crippen LogP contribution is -2.13. The maximum Gasteiger partial charge on any atom is 0.419 e. The molecule has 0 spiro atoms. The van der Waals surface area contributed by atoms with Gasteiger partial charge in [-0.25, -0.2) is 4.39 Å². The van der Waals surface area contributed by atoms with Crippen LogP contribution in [0.3, 0.4) is 0 Å². The fraction of sp³-hybridized carbons (Fsp3) is 0.545. The molecule has 0 bridgehead atoms. The number of carbonyl (C=O) groups excluding carboxylic acids is 2. The lowest BCUT2D eigenvalue weighted by atomic mass is 9.90. The Morgan fingerprint density at radius 3 is 2.10 bits per heavy atom. The fourth-order valence-electron chi connectivity index (χ4n) is 2.71. The number of alkyl halides is 3. The van der Waals surface area contributed by atoms with Crippen LogP contribution in [0.5, 0.6) is 0 Å². The highest BCUT2D eigenvalue weighted by Gasteiger charge is 2.34. The number of hydrogen-bond acceptors (Lipinski definition) is 3. The van der Waals surface area contributed by atoms with Crippen LogP contribution in [0.15, 0.2) is 30.0 Å². The van der Waals surface area contributed by atoms with Gasteiger partial charge in [0.05, 0.1) is 5.56 Å². The molecule has 30 heavy (non-hydrogen) atoms. The van der Waals surface area contributed by atoms with Gasteiger partial charge < -0.3 is 11.5 Å². The summed E-state index contributed by atoms with van der Waals surface area (Å²) in [5.41, 5.74) is 9.99. The van der Waals surface area contributed by atoms with Gasteiger partial charge in [0.1, 0.15) is 5.82 Å². The monoisotopic (exact) mass is 432 g/mol. The first-order chi connectivity index (χ1) is 13.8. The standard InChI is InChI=1S/C13H26N2O.C9H6F4O/c1-4-10(3)6-7-11(5-2)8-12(14)9-13(15)16;1-5(14)6-2-3-7(8(10)4-6)9(11,12)13/h9-11H,4-8,14H2,1-3H3,(H2,15,16);2-4H,1H3/b12-9-;. The van der Waals surface area contributed by atoms with Gasteiger partial charge in [0.15, 0.2) is 5.78 Å². The van der Waals surface area contributed by atoms with Gasteiger partial charge in [-0.1, -0.05) is 46.1 Å². The Balaban J connectivity index is 0.000000564. The molecule has 0 aromatic heterocycles. The van der Waals surface area contributed by atoms with Crippen LogP contribution in [-0.4, -0.2) is 11.7 Å². The van der Waals surface area contributed by atoms with Crippen LogP contribution in [0, 0.1) is 17.7 Å². The number of allylic oxidation sites excluding steroid dienone is 1. The molecule has 2 atom stereocenters. The van der Waals surface area contributed by atoms with Crippen molar-refractivity contribution in [1.29, 1.82) is 0 Å². The number of amides is 1. The van der Waals surface area contributed by atoms with Crippen LogP contribution in [0.25, 0.3) is 0 Å². The largest absolute Gasteiger partial charge is 0.419 e. The van der Waals surface area contributed by atoms with Crippen molar-refractivity contribution in [2.24, 2.45) is 23.3 Å². The summed E-state index contributed by atoms with van der Waals surface area (Å²) in [5, 5.41) is 0. The van der Waals surface area contributed by atoms with Gasteiger partial charge in [-0.2, -0.15) is 13.2 Å². The molecule has 0 aliphatic rings. The summed E-state index contributed by atoms with van der Waals surface area (Å²) in [6, 6.07) is 2.10. The smallest absolute Gasteiger partial charge is 0.402 e. The van der Waals surface area contributed by atoms with Gasteiger partial charge in [0.2, 0.25) is 5.91 Å². The van der Waals surface area contributed by atoms with E-state index >= 15 is 0 Å². The lowest BCUT2D eigenvalue weighted by Gasteiger charge is -2.17. The molecule has 4 N–H and O–H groups in total. The van der Waals surface area contributed by atoms with Crippen LogP contribution in [0.4, 0.5) is 17.6 Å². The summed E-state index contributed by atoms with van der Waals surface area (Å²) in [6.07, 6.45) is 2.14. The minimum Gasteiger partial charge on any atom is -0.402 e. The van der Waals surface area contributed by atoms with E-state index in [-0.39, 0.29) is 5.56 Å². The van der Waals surface area contributed by atoms with Crippen molar-refractivity contribution in [1.82, 2.24) is 0 Å². The predicted octanol–water partition coefficient (Wildman–Crippen LogP) is 5.60. The Kier molecular flexibility index (Phi) is 12.0. The molecular weight excluding hydrogens is 400 g/mol. The van der Waals surface area contributed by atoms with Crippen molar-refractivity contribution in [3.63, 3.8) is 0 Å². The van der Waals surface area contributed by atoms with E-state index in [1.807, 2.05) is 0 Å². The van der Waals surface area contributed by atoms with Crippen molar-refractivity contribution in [3.05, 3.63) is 46.9 Å². The lowest BCUT2D eigenvalue weighted by molar-refractivity contribution is -0.140. The molecule has 0 radical (unpaired) electrons. The Labute approximate surface area is 175 Å². The van der Waals surface area contributed by atoms with Crippen molar-refractivity contribution in [3.8, 4) is 0 Å². The summed E-state index contributed by atoms with van der Waals surface area (Å²) in [4.78, 5) is 21.4. The molecule has 0 aliphatic heterocycles. The topological polar surface area (TPSA) is 86.2 Å². The third-order valence-electron chi connectivity index (χ3n) is 4.88. The molecule has 0 heterocycles. The van der Waals surface area contributed by atoms with Gasteiger partial charge in [-0.3, -0.25) is 9.59 Å². The molecule has 170 valence electrons. The fourth-order valence-corrected chi connectivity index (χ4v) is 2.71. The van der Waals surface area contributed by atoms with E-state index in [9.17, 15) is 27.2 Å². The number of primary amides is 1. The average Bonchev–Trinajstić information content (AvgIpc) is 2.63. The summed E-state index contributed by atoms with van der Waals surface area (Å²) in [6.45, 7) is 7.81. The Bertz CT molecular complexity index is 730. The number of ketones is 1. The molecule has 1 aromatic carbocycles. The molecule has 1 rings (SSSR count). The Morgan fingerprint density at radius 2 is 1.70 bits per heavy atom. The highest BCUT2D eigenvalue weighted by Crippen LogP contribution is 2.31. The molecule has 1 aromatic rings. The minimum atomic E-state index is -4.72. The third-order valence-corrected chi connectivity index (χ3v) is 4.88. The number of benzene rings is 1. The number of carbonyl (C=O) groups is 2. The van der Waals surface area contributed by atoms with Crippen LogP contribution in [0.1, 0.15) is 75.7 Å². The number of halogens is 4. The average molecular weight is 433 g/mol. The van der Waals surface area contributed by atoms with E-state index in [1.165, 1.54) is 25.3 Å². The van der Waals surface area contributed by atoms with E-state index in [0.29, 0.717) is 23.7 Å². The second-order valence-electron chi connectivity index (χ2n) is 7.44. The third kappa shape index (κ3) is 11.0. The zero-order valence-electron chi connectivity index (χ0n) is 18.0. The number of rotatable bonds is 9. The first-order valence-corrected chi connectivity index (χ1v) is 9.94. The van der Waals surface area contributed by atoms with Crippen molar-refractivity contribution < 1.29 is 27.2 Å². The molecular formula is C22H32F4N2O2. The van der Waals surface area contributed by atoms with Crippen molar-refractivity contribution >= 4 is 11.7 Å². The van der Waals surface area contributed by atoms with Crippen LogP contribution in [-0.2, 0) is 11.0 Å². The molecule has 2 unspecified atom stereocenters. The molecule has 0 aliphatic carbocycles. The summed E-state index contributed by atoms with van der Waals surface area (Å²) in [5.74, 6) is -1.00. The Hall–Kier alpha value is -2.38. The van der Waals surface area contributed by atoms with Crippen LogP contribution >= 0.6 is 0 Å². The van der Waals surface area contributed by atoms with E-state index in [4.69, 9.17) is 11.5 Å². The van der Waals surface area contributed by atoms with E-state index in [0.717, 1.165) is 31.7 Å². The van der Waals surface area contributed by atoms with Gasteiger partial charge in [0.25, 0.3) is 0 Å². The molecule has 0 fully saturated rings. The van der Waals surface area contributed by atoms with E-state index in [1.54, 1.807) is 0 Å². The normalized spacial score (nSPS) is 13.8. The summed E-state index contributed by atoms with van der Waals surface area (Å²) in [7, 11) is 0. The maximum absolute atomic E-state index is 12.8. The summed E-state index contributed by atoms with van der Waals surface area (Å²) < 4.78 is 49.0. The van der Waals surface area contributed by atoms with Crippen molar-refractivity contribution in [2.45, 2.75) is 66.0 Å². The minimum absolute atomic E-state index is 0.0736. The van der Waals surface area contributed by atoms with Gasteiger partial charge >= 0.3 is 6.18 Å².